The van der Waals surface area contributed by atoms with Crippen molar-refractivity contribution in [3.8, 4) is 0 Å². The number of benzene rings is 1. The Bertz CT molecular complexity index is 479. The maximum atomic E-state index is 4.21. The van der Waals surface area contributed by atoms with E-state index in [0.717, 1.165) is 18.9 Å². The molecule has 1 aromatic carbocycles. The fraction of sp³-hybridized carbons (Fsp3) is 0.308. The number of nitrogens with zero attached hydrogens (tertiary/aromatic N) is 2. The van der Waals surface area contributed by atoms with Gasteiger partial charge in [0.2, 0.25) is 0 Å². The van der Waals surface area contributed by atoms with Crippen molar-refractivity contribution >= 4 is 17.4 Å². The third-order valence-electron chi connectivity index (χ3n) is 2.70. The van der Waals surface area contributed by atoms with Crippen molar-refractivity contribution in [2.24, 2.45) is 0 Å². The summed E-state index contributed by atoms with van der Waals surface area (Å²) in [6.45, 7) is 3.87. The van der Waals surface area contributed by atoms with Crippen molar-refractivity contribution in [1.82, 2.24) is 9.55 Å². The average molecular weight is 247 g/mol. The average Bonchev–Trinajstić information content (AvgIpc) is 2.76. The van der Waals surface area contributed by atoms with Gasteiger partial charge in [0.15, 0.2) is 0 Å². The van der Waals surface area contributed by atoms with Crippen LogP contribution in [0.4, 0.5) is 5.69 Å². The van der Waals surface area contributed by atoms with Crippen molar-refractivity contribution in [2.45, 2.75) is 18.4 Å². The van der Waals surface area contributed by atoms with Gasteiger partial charge < -0.3 is 9.88 Å². The number of imidazole rings is 1. The molecule has 0 saturated carbocycles. The van der Waals surface area contributed by atoms with E-state index in [0.29, 0.717) is 0 Å². The predicted molar refractivity (Wildman–Crippen MR) is 73.7 cm³/mol. The Kier molecular flexibility index (Phi) is 4.09. The van der Waals surface area contributed by atoms with Crippen LogP contribution in [0.25, 0.3) is 0 Å². The number of anilines is 1. The fourth-order valence-corrected chi connectivity index (χ4v) is 2.32. The Morgan fingerprint density at radius 3 is 2.88 bits per heavy atom. The second-order valence-electron chi connectivity index (χ2n) is 3.79. The Balaban J connectivity index is 1.92. The number of para-hydroxylation sites is 1. The third kappa shape index (κ3) is 3.03. The van der Waals surface area contributed by atoms with Gasteiger partial charge in [-0.25, -0.2) is 4.98 Å². The minimum absolute atomic E-state index is 0.911. The number of thioether (sulfide) groups is 1. The molecule has 0 aliphatic heterocycles. The summed E-state index contributed by atoms with van der Waals surface area (Å²) < 4.78 is 2.15. The molecule has 0 aliphatic rings. The number of aromatic nitrogens is 2. The van der Waals surface area contributed by atoms with Crippen LogP contribution >= 0.6 is 11.8 Å². The summed E-state index contributed by atoms with van der Waals surface area (Å²) in [6, 6.07) is 8.38. The van der Waals surface area contributed by atoms with Crippen molar-refractivity contribution in [2.75, 3.05) is 18.1 Å². The van der Waals surface area contributed by atoms with Gasteiger partial charge in [-0.15, -0.1) is 11.8 Å². The van der Waals surface area contributed by atoms with E-state index in [1.54, 1.807) is 11.8 Å². The predicted octanol–water partition coefficient (Wildman–Crippen LogP) is 3.03. The summed E-state index contributed by atoms with van der Waals surface area (Å²) in [7, 11) is 0. The van der Waals surface area contributed by atoms with E-state index in [1.165, 1.54) is 10.6 Å². The highest BCUT2D eigenvalue weighted by molar-refractivity contribution is 7.98. The molecule has 4 heteroatoms. The molecule has 0 amide bonds. The quantitative estimate of drug-likeness (QED) is 0.824. The van der Waals surface area contributed by atoms with Crippen molar-refractivity contribution in [3.05, 3.63) is 42.5 Å². The minimum Gasteiger partial charge on any atom is -0.382 e. The minimum atomic E-state index is 0.911. The summed E-state index contributed by atoms with van der Waals surface area (Å²) in [5.74, 6) is 1.06. The van der Waals surface area contributed by atoms with Crippen molar-refractivity contribution in [3.63, 3.8) is 0 Å². The Morgan fingerprint density at radius 2 is 2.18 bits per heavy atom. The van der Waals surface area contributed by atoms with Gasteiger partial charge in [-0.3, -0.25) is 0 Å². The Labute approximate surface area is 106 Å². The lowest BCUT2D eigenvalue weighted by Gasteiger charge is -2.11. The lowest BCUT2D eigenvalue weighted by Crippen LogP contribution is -2.11. The van der Waals surface area contributed by atoms with Gasteiger partial charge in [-0.05, 0) is 25.3 Å². The van der Waals surface area contributed by atoms with Crippen LogP contribution in [0.2, 0.25) is 0 Å². The van der Waals surface area contributed by atoms with Gasteiger partial charge in [0.05, 0.1) is 0 Å². The van der Waals surface area contributed by atoms with Crippen molar-refractivity contribution < 1.29 is 0 Å². The molecule has 1 aromatic heterocycles. The van der Waals surface area contributed by atoms with Gasteiger partial charge in [0.1, 0.15) is 5.82 Å². The van der Waals surface area contributed by atoms with Gasteiger partial charge >= 0.3 is 0 Å². The smallest absolute Gasteiger partial charge is 0.105 e. The zero-order valence-corrected chi connectivity index (χ0v) is 11.0. The molecule has 0 spiro atoms. The molecular formula is C13H17N3S. The molecular weight excluding hydrogens is 230 g/mol. The molecule has 1 N–H and O–H groups in total. The summed E-state index contributed by atoms with van der Waals surface area (Å²) in [6.07, 6.45) is 5.95. The van der Waals surface area contributed by atoms with E-state index in [-0.39, 0.29) is 0 Å². The first-order chi connectivity index (χ1) is 8.31. The van der Waals surface area contributed by atoms with Crippen LogP contribution in [0, 0.1) is 6.92 Å². The molecule has 0 radical (unpaired) electrons. The molecule has 2 rings (SSSR count). The zero-order valence-electron chi connectivity index (χ0n) is 10.2. The van der Waals surface area contributed by atoms with E-state index in [4.69, 9.17) is 0 Å². The van der Waals surface area contributed by atoms with Gasteiger partial charge in [-0.1, -0.05) is 12.1 Å². The normalized spacial score (nSPS) is 10.5. The van der Waals surface area contributed by atoms with Crippen LogP contribution in [0.3, 0.4) is 0 Å². The molecule has 0 aliphatic carbocycles. The SMILES string of the molecule is CSc1ccccc1NCCn1ccnc1C. The number of rotatable bonds is 5. The first kappa shape index (κ1) is 12.0. The van der Waals surface area contributed by atoms with Gasteiger partial charge in [0, 0.05) is 36.1 Å². The Morgan fingerprint density at radius 1 is 1.35 bits per heavy atom. The standard InChI is InChI=1S/C13H17N3S/c1-11-14-7-9-16(11)10-8-15-12-5-3-4-6-13(12)17-2/h3-7,9,15H,8,10H2,1-2H3. The van der Waals surface area contributed by atoms with E-state index in [1.807, 2.05) is 19.3 Å². The molecule has 0 unspecified atom stereocenters. The highest BCUT2D eigenvalue weighted by Gasteiger charge is 2.00. The number of hydrogen-bond donors (Lipinski definition) is 1. The Hall–Kier alpha value is -1.42. The highest BCUT2D eigenvalue weighted by atomic mass is 32.2. The van der Waals surface area contributed by atoms with E-state index < -0.39 is 0 Å². The van der Waals surface area contributed by atoms with Crippen LogP contribution in [-0.4, -0.2) is 22.4 Å². The summed E-state index contributed by atoms with van der Waals surface area (Å²) in [5, 5.41) is 3.46. The van der Waals surface area contributed by atoms with Crippen LogP contribution in [0.5, 0.6) is 0 Å². The number of hydrogen-bond acceptors (Lipinski definition) is 3. The number of aryl methyl sites for hydroxylation is 1. The summed E-state index contributed by atoms with van der Waals surface area (Å²) in [4.78, 5) is 5.49. The molecule has 0 bridgehead atoms. The molecule has 0 saturated heterocycles. The molecule has 0 atom stereocenters. The number of nitrogens with one attached hydrogen (secondary N) is 1. The lowest BCUT2D eigenvalue weighted by atomic mass is 10.3. The fourth-order valence-electron chi connectivity index (χ4n) is 1.74. The molecule has 1 heterocycles. The van der Waals surface area contributed by atoms with Crippen LogP contribution in [0.1, 0.15) is 5.82 Å². The first-order valence-corrected chi connectivity index (χ1v) is 6.88. The molecule has 17 heavy (non-hydrogen) atoms. The van der Waals surface area contributed by atoms with E-state index in [2.05, 4.69) is 45.4 Å². The monoisotopic (exact) mass is 247 g/mol. The van der Waals surface area contributed by atoms with Crippen LogP contribution in [0.15, 0.2) is 41.6 Å². The summed E-state index contributed by atoms with van der Waals surface area (Å²) in [5.41, 5.74) is 1.21. The van der Waals surface area contributed by atoms with Crippen molar-refractivity contribution in [1.29, 1.82) is 0 Å². The third-order valence-corrected chi connectivity index (χ3v) is 3.49. The van der Waals surface area contributed by atoms with E-state index >= 15 is 0 Å². The van der Waals surface area contributed by atoms with Gasteiger partial charge in [0.25, 0.3) is 0 Å². The topological polar surface area (TPSA) is 29.9 Å². The molecule has 90 valence electrons. The lowest BCUT2D eigenvalue weighted by molar-refractivity contribution is 0.700. The van der Waals surface area contributed by atoms with E-state index in [9.17, 15) is 0 Å². The maximum Gasteiger partial charge on any atom is 0.105 e. The largest absolute Gasteiger partial charge is 0.382 e. The molecule has 0 fully saturated rings. The van der Waals surface area contributed by atoms with Crippen LogP contribution < -0.4 is 5.32 Å². The second-order valence-corrected chi connectivity index (χ2v) is 4.64. The molecule has 3 nitrogen and oxygen atoms in total. The van der Waals surface area contributed by atoms with Crippen LogP contribution in [-0.2, 0) is 6.54 Å². The second kappa shape index (κ2) is 5.77. The summed E-state index contributed by atoms with van der Waals surface area (Å²) >= 11 is 1.76. The van der Waals surface area contributed by atoms with Gasteiger partial charge in [-0.2, -0.15) is 0 Å². The molecule has 2 aromatic rings. The highest BCUT2D eigenvalue weighted by Crippen LogP contribution is 2.24. The maximum absolute atomic E-state index is 4.21. The first-order valence-electron chi connectivity index (χ1n) is 5.66. The zero-order chi connectivity index (χ0) is 12.1.